The van der Waals surface area contributed by atoms with Crippen molar-refractivity contribution in [2.24, 2.45) is 11.8 Å². The monoisotopic (exact) mass is 568 g/mol. The molecule has 0 unspecified atom stereocenters. The van der Waals surface area contributed by atoms with Crippen molar-refractivity contribution < 1.29 is 45.0 Å². The van der Waals surface area contributed by atoms with Crippen LogP contribution in [0.25, 0.3) is 0 Å². The van der Waals surface area contributed by atoms with Gasteiger partial charge in [-0.2, -0.15) is 26.3 Å². The van der Waals surface area contributed by atoms with Gasteiger partial charge in [-0.05, 0) is 54.7 Å². The smallest absolute Gasteiger partial charge is 0.416 e. The zero-order chi connectivity index (χ0) is 28.8. The topological polar surface area (TPSA) is 64.8 Å². The van der Waals surface area contributed by atoms with Crippen LogP contribution in [0, 0.1) is 18.8 Å². The van der Waals surface area contributed by atoms with Crippen LogP contribution in [-0.4, -0.2) is 41.8 Å². The maximum absolute atomic E-state index is 13.5. The molecule has 0 spiro atoms. The number of hydrogen-bond acceptors (Lipinski definition) is 5. The third-order valence-electron chi connectivity index (χ3n) is 7.62. The van der Waals surface area contributed by atoms with Crippen LogP contribution < -0.4 is 0 Å². The fourth-order valence-corrected chi connectivity index (χ4v) is 5.60. The number of fused-ring (bicyclic) bond motifs is 1. The SMILES string of the molecule is Cc1ccccc1[C@@H]1[C@@H](O[C@H](C)c2cc(C(F)(F)F)cc(C(F)(F)F)c2)OC[C@@H]2CN(C(=O)c3cocn3)C[C@H]21. The van der Waals surface area contributed by atoms with Crippen LogP contribution in [0.2, 0.25) is 0 Å². The van der Waals surface area contributed by atoms with Gasteiger partial charge in [-0.1, -0.05) is 24.3 Å². The Kier molecular flexibility index (Phi) is 7.43. The maximum atomic E-state index is 13.5. The minimum atomic E-state index is -4.97. The van der Waals surface area contributed by atoms with Crippen molar-refractivity contribution in [1.82, 2.24) is 9.88 Å². The average molecular weight is 569 g/mol. The molecule has 0 radical (unpaired) electrons. The first kappa shape index (κ1) is 28.2. The second kappa shape index (κ2) is 10.5. The molecule has 2 fully saturated rings. The van der Waals surface area contributed by atoms with Gasteiger partial charge in [-0.3, -0.25) is 4.79 Å². The van der Waals surface area contributed by atoms with Crippen LogP contribution in [0.3, 0.4) is 0 Å². The number of rotatable bonds is 5. The molecule has 3 heterocycles. The van der Waals surface area contributed by atoms with Gasteiger partial charge in [0.1, 0.15) is 6.26 Å². The molecule has 12 heteroatoms. The maximum Gasteiger partial charge on any atom is 0.416 e. The summed E-state index contributed by atoms with van der Waals surface area (Å²) in [6, 6.07) is 8.91. The minimum Gasteiger partial charge on any atom is -0.451 e. The molecule has 2 aliphatic rings. The lowest BCUT2D eigenvalue weighted by Gasteiger charge is -2.41. The van der Waals surface area contributed by atoms with Gasteiger partial charge in [0.2, 0.25) is 0 Å². The zero-order valence-electron chi connectivity index (χ0n) is 21.5. The Morgan fingerprint density at radius 3 is 2.33 bits per heavy atom. The van der Waals surface area contributed by atoms with Crippen LogP contribution in [0.4, 0.5) is 26.3 Å². The first-order valence-electron chi connectivity index (χ1n) is 12.6. The summed E-state index contributed by atoms with van der Waals surface area (Å²) in [6.45, 7) is 4.23. The summed E-state index contributed by atoms with van der Waals surface area (Å²) in [4.78, 5) is 18.6. The van der Waals surface area contributed by atoms with Crippen LogP contribution >= 0.6 is 0 Å². The highest BCUT2D eigenvalue weighted by atomic mass is 19.4. The van der Waals surface area contributed by atoms with E-state index in [4.69, 9.17) is 13.9 Å². The van der Waals surface area contributed by atoms with E-state index in [1.165, 1.54) is 19.6 Å². The number of carbonyl (C=O) groups is 1. The molecule has 2 saturated heterocycles. The third kappa shape index (κ3) is 5.60. The van der Waals surface area contributed by atoms with E-state index in [-0.39, 0.29) is 41.7 Å². The summed E-state index contributed by atoms with van der Waals surface area (Å²) < 4.78 is 97.9. The average Bonchev–Trinajstić information content (AvgIpc) is 3.58. The Bertz CT molecular complexity index is 1330. The van der Waals surface area contributed by atoms with Gasteiger partial charge in [-0.25, -0.2) is 4.98 Å². The number of aryl methyl sites for hydroxylation is 1. The second-order valence-electron chi connectivity index (χ2n) is 10.2. The lowest BCUT2D eigenvalue weighted by Crippen LogP contribution is -2.42. The lowest BCUT2D eigenvalue weighted by atomic mass is 9.76. The highest BCUT2D eigenvalue weighted by molar-refractivity contribution is 5.92. The molecule has 6 nitrogen and oxygen atoms in total. The Hall–Kier alpha value is -3.38. The van der Waals surface area contributed by atoms with E-state index in [9.17, 15) is 31.1 Å². The molecule has 40 heavy (non-hydrogen) atoms. The molecule has 1 amide bonds. The number of halogens is 6. The number of benzene rings is 2. The van der Waals surface area contributed by atoms with Crippen molar-refractivity contribution in [2.75, 3.05) is 19.7 Å². The molecule has 0 N–H and O–H groups in total. The molecule has 3 aromatic rings. The van der Waals surface area contributed by atoms with E-state index in [2.05, 4.69) is 4.98 Å². The lowest BCUT2D eigenvalue weighted by molar-refractivity contribution is -0.217. The van der Waals surface area contributed by atoms with Crippen molar-refractivity contribution in [3.8, 4) is 0 Å². The number of likely N-dealkylation sites (tertiary alicyclic amines) is 1. The van der Waals surface area contributed by atoms with Crippen molar-refractivity contribution in [3.05, 3.63) is 88.6 Å². The first-order valence-corrected chi connectivity index (χ1v) is 12.6. The first-order chi connectivity index (χ1) is 18.8. The van der Waals surface area contributed by atoms with Crippen LogP contribution in [0.15, 0.2) is 59.5 Å². The summed E-state index contributed by atoms with van der Waals surface area (Å²) >= 11 is 0. The van der Waals surface area contributed by atoms with Crippen molar-refractivity contribution in [1.29, 1.82) is 0 Å². The van der Waals surface area contributed by atoms with E-state index in [0.29, 0.717) is 25.2 Å². The molecule has 214 valence electrons. The highest BCUT2D eigenvalue weighted by Gasteiger charge is 2.49. The number of hydrogen-bond donors (Lipinski definition) is 0. The molecule has 2 aliphatic heterocycles. The summed E-state index contributed by atoms with van der Waals surface area (Å²) in [7, 11) is 0. The van der Waals surface area contributed by atoms with Gasteiger partial charge in [-0.15, -0.1) is 0 Å². The van der Waals surface area contributed by atoms with Gasteiger partial charge < -0.3 is 18.8 Å². The number of oxazole rings is 1. The minimum absolute atomic E-state index is 0.0685. The number of alkyl halides is 6. The summed E-state index contributed by atoms with van der Waals surface area (Å²) in [5.41, 5.74) is -1.15. The molecule has 0 aliphatic carbocycles. The molecule has 5 rings (SSSR count). The summed E-state index contributed by atoms with van der Waals surface area (Å²) in [5.74, 6) is -0.956. The van der Waals surface area contributed by atoms with E-state index in [1.807, 2.05) is 31.2 Å². The van der Waals surface area contributed by atoms with Gasteiger partial charge in [0, 0.05) is 24.9 Å². The number of aromatic nitrogens is 1. The standard InChI is InChI=1S/C28H26F6N2O4/c1-15-5-3-4-6-21(15)24-22-11-36(25(37)23-13-38-14-35-23)10-18(22)12-39-26(24)40-16(2)17-7-19(27(29,30)31)9-20(8-17)28(32,33)34/h3-9,13-14,16,18,22,24,26H,10-12H2,1-2H3/t16-,18+,22-,24+,26-/m1/s1. The fraction of sp³-hybridized carbons (Fsp3) is 0.429. The molecule has 1 aromatic heterocycles. The van der Waals surface area contributed by atoms with E-state index >= 15 is 0 Å². The predicted molar refractivity (Wildman–Crippen MR) is 129 cm³/mol. The second-order valence-corrected chi connectivity index (χ2v) is 10.2. The number of nitrogens with zero attached hydrogens (tertiary/aromatic N) is 2. The van der Waals surface area contributed by atoms with E-state index < -0.39 is 41.8 Å². The van der Waals surface area contributed by atoms with Gasteiger partial charge in [0.15, 0.2) is 18.4 Å². The largest absolute Gasteiger partial charge is 0.451 e. The Morgan fingerprint density at radius 2 is 1.73 bits per heavy atom. The van der Waals surface area contributed by atoms with Crippen LogP contribution in [-0.2, 0) is 21.8 Å². The van der Waals surface area contributed by atoms with Crippen molar-refractivity contribution in [2.45, 2.75) is 44.5 Å². The molecule has 0 bridgehead atoms. The van der Waals surface area contributed by atoms with Crippen LogP contribution in [0.5, 0.6) is 0 Å². The van der Waals surface area contributed by atoms with E-state index in [1.54, 1.807) is 4.90 Å². The molecular weight excluding hydrogens is 542 g/mol. The molecule has 5 atom stereocenters. The Labute approximate surface area is 225 Å². The Balaban J connectivity index is 1.46. The quantitative estimate of drug-likeness (QED) is 0.324. The fourth-order valence-electron chi connectivity index (χ4n) is 5.60. The van der Waals surface area contributed by atoms with Crippen LogP contribution in [0.1, 0.15) is 57.3 Å². The predicted octanol–water partition coefficient (Wildman–Crippen LogP) is 6.63. The molecular formula is C28H26F6N2O4. The van der Waals surface area contributed by atoms with Gasteiger partial charge in [0.05, 0.1) is 23.8 Å². The number of ether oxygens (including phenoxy) is 2. The molecule has 0 saturated carbocycles. The molecule has 2 aromatic carbocycles. The number of amides is 1. The summed E-state index contributed by atoms with van der Waals surface area (Å²) in [5, 5.41) is 0. The Morgan fingerprint density at radius 1 is 1.05 bits per heavy atom. The third-order valence-corrected chi connectivity index (χ3v) is 7.62. The highest BCUT2D eigenvalue weighted by Crippen LogP contribution is 2.46. The number of carbonyl (C=O) groups excluding carboxylic acids is 1. The zero-order valence-corrected chi connectivity index (χ0v) is 21.5. The van der Waals surface area contributed by atoms with Gasteiger partial charge >= 0.3 is 12.4 Å². The van der Waals surface area contributed by atoms with Crippen molar-refractivity contribution >= 4 is 5.91 Å². The van der Waals surface area contributed by atoms with Crippen molar-refractivity contribution in [3.63, 3.8) is 0 Å². The van der Waals surface area contributed by atoms with Gasteiger partial charge in [0.25, 0.3) is 5.91 Å². The normalized spacial score (nSPS) is 24.1. The van der Waals surface area contributed by atoms with E-state index in [0.717, 1.165) is 11.1 Å². The summed E-state index contributed by atoms with van der Waals surface area (Å²) in [6.07, 6.45) is -9.67.